The molecule has 0 aliphatic carbocycles. The number of hydrogen-bond acceptors (Lipinski definition) is 3. The summed E-state index contributed by atoms with van der Waals surface area (Å²) in [6, 6.07) is 0. The van der Waals surface area contributed by atoms with Gasteiger partial charge in [-0.15, -0.1) is 0 Å². The molecule has 0 aromatic rings. The van der Waals surface area contributed by atoms with E-state index in [0.717, 1.165) is 19.7 Å². The maximum absolute atomic E-state index is 5.18. The highest BCUT2D eigenvalue weighted by Crippen LogP contribution is 2.06. The van der Waals surface area contributed by atoms with Gasteiger partial charge in [0.25, 0.3) is 0 Å². The lowest BCUT2D eigenvalue weighted by atomic mass is 10.1. The highest BCUT2D eigenvalue weighted by Gasteiger charge is 2.17. The van der Waals surface area contributed by atoms with Crippen LogP contribution in [0.2, 0.25) is 0 Å². The molecule has 0 radical (unpaired) electrons. The Bertz CT molecular complexity index is 118. The Morgan fingerprint density at radius 1 is 1.17 bits per heavy atom. The van der Waals surface area contributed by atoms with Gasteiger partial charge in [-0.3, -0.25) is 0 Å². The largest absolute Gasteiger partial charge is 0.384 e. The van der Waals surface area contributed by atoms with Crippen molar-refractivity contribution in [2.75, 3.05) is 54.0 Å². The summed E-state index contributed by atoms with van der Waals surface area (Å²) < 4.78 is 5.18. The van der Waals surface area contributed by atoms with Gasteiger partial charge >= 0.3 is 0 Å². The van der Waals surface area contributed by atoms with E-state index in [4.69, 9.17) is 4.74 Å². The molecule has 0 atom stereocenters. The standard InChI is InChI=1S/C9H20N2O/c1-10-4-5-11(2)7-9(6-10)8-12-3/h9H,4-8H2,1-3H3. The molecule has 0 aromatic carbocycles. The van der Waals surface area contributed by atoms with Crippen LogP contribution in [-0.4, -0.2) is 63.8 Å². The van der Waals surface area contributed by atoms with E-state index in [1.54, 1.807) is 7.11 Å². The molecule has 12 heavy (non-hydrogen) atoms. The first kappa shape index (κ1) is 9.96. The average Bonchev–Trinajstić information content (AvgIpc) is 2.14. The van der Waals surface area contributed by atoms with Crippen molar-refractivity contribution >= 4 is 0 Å². The zero-order chi connectivity index (χ0) is 8.97. The van der Waals surface area contributed by atoms with Crippen LogP contribution < -0.4 is 0 Å². The van der Waals surface area contributed by atoms with Crippen LogP contribution in [0.3, 0.4) is 0 Å². The fourth-order valence-corrected chi connectivity index (χ4v) is 1.80. The van der Waals surface area contributed by atoms with Crippen molar-refractivity contribution in [1.29, 1.82) is 0 Å². The first-order valence-electron chi connectivity index (χ1n) is 4.58. The summed E-state index contributed by atoms with van der Waals surface area (Å²) in [7, 11) is 6.15. The van der Waals surface area contributed by atoms with Crippen LogP contribution >= 0.6 is 0 Å². The van der Waals surface area contributed by atoms with Crippen molar-refractivity contribution in [2.45, 2.75) is 0 Å². The van der Waals surface area contributed by atoms with E-state index < -0.39 is 0 Å². The fraction of sp³-hybridized carbons (Fsp3) is 1.00. The van der Waals surface area contributed by atoms with E-state index >= 15 is 0 Å². The highest BCUT2D eigenvalue weighted by molar-refractivity contribution is 4.72. The van der Waals surface area contributed by atoms with Gasteiger partial charge < -0.3 is 14.5 Å². The molecule has 1 aliphatic heterocycles. The number of methoxy groups -OCH3 is 1. The van der Waals surface area contributed by atoms with E-state index in [1.807, 2.05) is 0 Å². The molecule has 0 aromatic heterocycles. The Balaban J connectivity index is 2.38. The Hall–Kier alpha value is -0.120. The molecule has 0 saturated carbocycles. The lowest BCUT2D eigenvalue weighted by Crippen LogP contribution is -2.29. The predicted molar refractivity (Wildman–Crippen MR) is 50.4 cm³/mol. The summed E-state index contributed by atoms with van der Waals surface area (Å²) in [4.78, 5) is 4.76. The molecular formula is C9H20N2O. The maximum Gasteiger partial charge on any atom is 0.0515 e. The lowest BCUT2D eigenvalue weighted by Gasteiger charge is -2.19. The van der Waals surface area contributed by atoms with E-state index in [1.165, 1.54) is 13.1 Å². The summed E-state index contributed by atoms with van der Waals surface area (Å²) in [5.41, 5.74) is 0. The number of nitrogens with zero attached hydrogens (tertiary/aromatic N) is 2. The summed E-state index contributed by atoms with van der Waals surface area (Å²) in [6.07, 6.45) is 0. The normalized spacial score (nSPS) is 24.2. The molecule has 0 amide bonds. The molecule has 0 unspecified atom stereocenters. The van der Waals surface area contributed by atoms with E-state index in [9.17, 15) is 0 Å². The van der Waals surface area contributed by atoms with Crippen LogP contribution in [0.15, 0.2) is 0 Å². The van der Waals surface area contributed by atoms with Crippen LogP contribution in [-0.2, 0) is 4.74 Å². The molecule has 0 N–H and O–H groups in total. The third-order valence-electron chi connectivity index (χ3n) is 2.41. The van der Waals surface area contributed by atoms with Crippen LogP contribution in [0, 0.1) is 5.92 Å². The van der Waals surface area contributed by atoms with Crippen molar-refractivity contribution in [3.63, 3.8) is 0 Å². The third-order valence-corrected chi connectivity index (χ3v) is 2.41. The second-order valence-corrected chi connectivity index (χ2v) is 3.85. The summed E-state index contributed by atoms with van der Waals surface area (Å²) >= 11 is 0. The Morgan fingerprint density at radius 3 is 2.08 bits per heavy atom. The van der Waals surface area contributed by atoms with Crippen molar-refractivity contribution in [3.05, 3.63) is 0 Å². The topological polar surface area (TPSA) is 15.7 Å². The molecule has 3 nitrogen and oxygen atoms in total. The number of rotatable bonds is 2. The lowest BCUT2D eigenvalue weighted by molar-refractivity contribution is 0.127. The van der Waals surface area contributed by atoms with Gasteiger partial charge in [-0.05, 0) is 14.1 Å². The maximum atomic E-state index is 5.18. The Kier molecular flexibility index (Phi) is 3.98. The van der Waals surface area contributed by atoms with Crippen molar-refractivity contribution < 1.29 is 4.74 Å². The van der Waals surface area contributed by atoms with Gasteiger partial charge in [0.15, 0.2) is 0 Å². The van der Waals surface area contributed by atoms with Gasteiger partial charge in [0.2, 0.25) is 0 Å². The van der Waals surface area contributed by atoms with Gasteiger partial charge in [-0.2, -0.15) is 0 Å². The van der Waals surface area contributed by atoms with Crippen molar-refractivity contribution in [3.8, 4) is 0 Å². The van der Waals surface area contributed by atoms with Crippen molar-refractivity contribution in [1.82, 2.24) is 9.80 Å². The average molecular weight is 172 g/mol. The quantitative estimate of drug-likeness (QED) is 0.588. The van der Waals surface area contributed by atoms with Crippen LogP contribution in [0.5, 0.6) is 0 Å². The molecular weight excluding hydrogens is 152 g/mol. The van der Waals surface area contributed by atoms with Gasteiger partial charge in [-0.1, -0.05) is 0 Å². The molecule has 3 heteroatoms. The highest BCUT2D eigenvalue weighted by atomic mass is 16.5. The molecule has 1 aliphatic rings. The third kappa shape index (κ3) is 3.09. The van der Waals surface area contributed by atoms with E-state index in [0.29, 0.717) is 5.92 Å². The summed E-state index contributed by atoms with van der Waals surface area (Å²) in [5, 5.41) is 0. The Morgan fingerprint density at radius 2 is 1.67 bits per heavy atom. The molecule has 0 bridgehead atoms. The van der Waals surface area contributed by atoms with Crippen LogP contribution in [0.25, 0.3) is 0 Å². The molecule has 72 valence electrons. The molecule has 1 saturated heterocycles. The molecule has 0 spiro atoms. The minimum Gasteiger partial charge on any atom is -0.384 e. The number of likely N-dealkylation sites (N-methyl/N-ethyl adjacent to an activating group) is 2. The zero-order valence-corrected chi connectivity index (χ0v) is 8.42. The molecule has 1 fully saturated rings. The number of ether oxygens (including phenoxy) is 1. The fourth-order valence-electron chi connectivity index (χ4n) is 1.80. The minimum absolute atomic E-state index is 0.674. The van der Waals surface area contributed by atoms with Crippen molar-refractivity contribution in [2.24, 2.45) is 5.92 Å². The summed E-state index contributed by atoms with van der Waals surface area (Å²) in [6.45, 7) is 5.57. The number of hydrogen-bond donors (Lipinski definition) is 0. The van der Waals surface area contributed by atoms with E-state index in [2.05, 4.69) is 23.9 Å². The first-order valence-corrected chi connectivity index (χ1v) is 4.58. The summed E-state index contributed by atoms with van der Waals surface area (Å²) in [5.74, 6) is 0.674. The zero-order valence-electron chi connectivity index (χ0n) is 8.42. The Labute approximate surface area is 75.3 Å². The SMILES string of the molecule is COCC1CN(C)CCN(C)C1. The molecule has 1 heterocycles. The van der Waals surface area contributed by atoms with E-state index in [-0.39, 0.29) is 0 Å². The van der Waals surface area contributed by atoms with Crippen LogP contribution in [0.1, 0.15) is 0 Å². The minimum atomic E-state index is 0.674. The second-order valence-electron chi connectivity index (χ2n) is 3.85. The first-order chi connectivity index (χ1) is 5.72. The van der Waals surface area contributed by atoms with Gasteiger partial charge in [0.1, 0.15) is 0 Å². The monoisotopic (exact) mass is 172 g/mol. The smallest absolute Gasteiger partial charge is 0.0515 e. The van der Waals surface area contributed by atoms with Gasteiger partial charge in [0, 0.05) is 39.2 Å². The van der Waals surface area contributed by atoms with Gasteiger partial charge in [0.05, 0.1) is 6.61 Å². The van der Waals surface area contributed by atoms with Crippen LogP contribution in [0.4, 0.5) is 0 Å². The second kappa shape index (κ2) is 4.80. The predicted octanol–water partition coefficient (Wildman–Crippen LogP) is 0.126. The van der Waals surface area contributed by atoms with Gasteiger partial charge in [-0.25, -0.2) is 0 Å². The molecule has 1 rings (SSSR count).